The van der Waals surface area contributed by atoms with E-state index < -0.39 is 0 Å². The molecule has 0 aliphatic heterocycles. The Hall–Kier alpha value is -2.11. The van der Waals surface area contributed by atoms with Crippen LogP contribution in [0.1, 0.15) is 20.8 Å². The molecule has 0 radical (unpaired) electrons. The van der Waals surface area contributed by atoms with E-state index in [9.17, 15) is 0 Å². The third-order valence-electron chi connectivity index (χ3n) is 2.39. The van der Waals surface area contributed by atoms with Gasteiger partial charge in [-0.3, -0.25) is 4.68 Å². The van der Waals surface area contributed by atoms with Gasteiger partial charge in [-0.1, -0.05) is 13.8 Å². The van der Waals surface area contributed by atoms with Gasteiger partial charge in [0.25, 0.3) is 0 Å². The van der Waals surface area contributed by atoms with E-state index in [1.54, 1.807) is 12.3 Å². The van der Waals surface area contributed by atoms with E-state index >= 15 is 0 Å². The summed E-state index contributed by atoms with van der Waals surface area (Å²) in [6, 6.07) is 1.77. The summed E-state index contributed by atoms with van der Waals surface area (Å²) in [5.74, 6) is 1.83. The summed E-state index contributed by atoms with van der Waals surface area (Å²) in [6.07, 6.45) is 5.22. The van der Waals surface area contributed by atoms with Crippen molar-refractivity contribution in [1.29, 1.82) is 0 Å². The number of nitrogens with zero attached hydrogens (tertiary/aromatic N) is 4. The van der Waals surface area contributed by atoms with Crippen LogP contribution in [0.5, 0.6) is 5.88 Å². The zero-order valence-electron chi connectivity index (χ0n) is 11.5. The summed E-state index contributed by atoms with van der Waals surface area (Å²) in [5, 5.41) is 7.47. The van der Waals surface area contributed by atoms with Crippen LogP contribution in [-0.2, 0) is 6.54 Å². The van der Waals surface area contributed by atoms with Gasteiger partial charge in [-0.15, -0.1) is 0 Å². The minimum Gasteiger partial charge on any atom is -0.478 e. The van der Waals surface area contributed by atoms with E-state index in [4.69, 9.17) is 4.74 Å². The molecule has 0 saturated heterocycles. The largest absolute Gasteiger partial charge is 0.478 e. The van der Waals surface area contributed by atoms with Crippen LogP contribution in [0.4, 0.5) is 11.5 Å². The molecule has 0 spiro atoms. The normalized spacial score (nSPS) is 10.7. The van der Waals surface area contributed by atoms with Crippen molar-refractivity contribution in [2.24, 2.45) is 5.92 Å². The molecule has 6 heteroatoms. The third-order valence-corrected chi connectivity index (χ3v) is 2.39. The molecular formula is C13H19N5O. The van der Waals surface area contributed by atoms with Crippen molar-refractivity contribution in [3.63, 3.8) is 0 Å². The van der Waals surface area contributed by atoms with Gasteiger partial charge >= 0.3 is 0 Å². The van der Waals surface area contributed by atoms with Crippen LogP contribution in [0.2, 0.25) is 0 Å². The van der Waals surface area contributed by atoms with Crippen molar-refractivity contribution in [2.75, 3.05) is 11.9 Å². The lowest BCUT2D eigenvalue weighted by atomic mass is 10.2. The molecule has 0 bridgehead atoms. The molecule has 2 aromatic heterocycles. The van der Waals surface area contributed by atoms with Gasteiger partial charge in [-0.25, -0.2) is 9.97 Å². The van der Waals surface area contributed by atoms with Crippen LogP contribution in [0.3, 0.4) is 0 Å². The van der Waals surface area contributed by atoms with Gasteiger partial charge in [0, 0.05) is 18.8 Å². The van der Waals surface area contributed by atoms with Crippen LogP contribution < -0.4 is 10.1 Å². The monoisotopic (exact) mass is 261 g/mol. The Kier molecular flexibility index (Phi) is 4.33. The molecule has 0 aliphatic rings. The highest BCUT2D eigenvalue weighted by Crippen LogP contribution is 2.16. The quantitative estimate of drug-likeness (QED) is 0.865. The predicted octanol–water partition coefficient (Wildman–Crippen LogP) is 2.47. The Morgan fingerprint density at radius 2 is 2.21 bits per heavy atom. The van der Waals surface area contributed by atoms with Crippen LogP contribution in [0, 0.1) is 5.92 Å². The molecule has 0 aliphatic carbocycles. The van der Waals surface area contributed by atoms with Crippen LogP contribution in [0.25, 0.3) is 0 Å². The second-order valence-electron chi connectivity index (χ2n) is 4.64. The van der Waals surface area contributed by atoms with Crippen molar-refractivity contribution < 1.29 is 4.74 Å². The van der Waals surface area contributed by atoms with Gasteiger partial charge in [-0.05, 0) is 12.8 Å². The van der Waals surface area contributed by atoms with Crippen molar-refractivity contribution in [3.8, 4) is 5.88 Å². The SMILES string of the molecule is CCOc1cc(Nc2cnn(CC(C)C)c2)ncn1. The van der Waals surface area contributed by atoms with Gasteiger partial charge in [0.05, 0.1) is 18.5 Å². The smallest absolute Gasteiger partial charge is 0.218 e. The molecule has 0 fully saturated rings. The lowest BCUT2D eigenvalue weighted by Crippen LogP contribution is -2.04. The Bertz CT molecular complexity index is 523. The molecule has 0 amide bonds. The fourth-order valence-corrected chi connectivity index (χ4v) is 1.68. The highest BCUT2D eigenvalue weighted by Gasteiger charge is 2.03. The van der Waals surface area contributed by atoms with Crippen molar-refractivity contribution in [2.45, 2.75) is 27.3 Å². The second kappa shape index (κ2) is 6.17. The molecule has 19 heavy (non-hydrogen) atoms. The predicted molar refractivity (Wildman–Crippen MR) is 73.5 cm³/mol. The average molecular weight is 261 g/mol. The average Bonchev–Trinajstić information content (AvgIpc) is 2.76. The number of rotatable bonds is 6. The maximum absolute atomic E-state index is 5.33. The molecular weight excluding hydrogens is 242 g/mol. The van der Waals surface area contributed by atoms with Crippen molar-refractivity contribution in [3.05, 3.63) is 24.8 Å². The summed E-state index contributed by atoms with van der Waals surface area (Å²) in [6.45, 7) is 7.73. The molecule has 2 heterocycles. The molecule has 0 unspecified atom stereocenters. The minimum atomic E-state index is 0.564. The van der Waals surface area contributed by atoms with Crippen molar-refractivity contribution >= 4 is 11.5 Å². The number of hydrogen-bond acceptors (Lipinski definition) is 5. The fraction of sp³-hybridized carbons (Fsp3) is 0.462. The standard InChI is InChI=1S/C13H19N5O/c1-4-19-13-5-12(14-9-15-13)17-11-6-16-18(8-11)7-10(2)3/h5-6,8-10H,4,7H2,1-3H3,(H,14,15,17). The summed E-state index contributed by atoms with van der Waals surface area (Å²) >= 11 is 0. The van der Waals surface area contributed by atoms with E-state index in [1.807, 2.05) is 17.8 Å². The Morgan fingerprint density at radius 1 is 1.37 bits per heavy atom. The van der Waals surface area contributed by atoms with Crippen LogP contribution in [0.15, 0.2) is 24.8 Å². The van der Waals surface area contributed by atoms with Crippen LogP contribution >= 0.6 is 0 Å². The van der Waals surface area contributed by atoms with Gasteiger partial charge in [0.1, 0.15) is 12.1 Å². The molecule has 102 valence electrons. The first-order chi connectivity index (χ1) is 9.17. The lowest BCUT2D eigenvalue weighted by Gasteiger charge is -2.05. The number of ether oxygens (including phenoxy) is 1. The zero-order chi connectivity index (χ0) is 13.7. The topological polar surface area (TPSA) is 64.9 Å². The zero-order valence-corrected chi connectivity index (χ0v) is 11.5. The number of nitrogens with one attached hydrogen (secondary N) is 1. The number of aromatic nitrogens is 4. The maximum Gasteiger partial charge on any atom is 0.218 e. The van der Waals surface area contributed by atoms with Crippen LogP contribution in [-0.4, -0.2) is 26.4 Å². The Balaban J connectivity index is 2.04. The van der Waals surface area contributed by atoms with E-state index in [0.29, 0.717) is 24.2 Å². The first-order valence-electron chi connectivity index (χ1n) is 6.41. The Morgan fingerprint density at radius 3 is 2.95 bits per heavy atom. The van der Waals surface area contributed by atoms with E-state index in [1.165, 1.54) is 6.33 Å². The molecule has 1 N–H and O–H groups in total. The summed E-state index contributed by atoms with van der Waals surface area (Å²) in [5.41, 5.74) is 0.904. The summed E-state index contributed by atoms with van der Waals surface area (Å²) < 4.78 is 7.24. The van der Waals surface area contributed by atoms with E-state index in [2.05, 4.69) is 34.2 Å². The number of anilines is 2. The highest BCUT2D eigenvalue weighted by molar-refractivity contribution is 5.54. The van der Waals surface area contributed by atoms with Gasteiger partial charge in [-0.2, -0.15) is 5.10 Å². The first kappa shape index (κ1) is 13.3. The Labute approximate surface area is 112 Å². The van der Waals surface area contributed by atoms with E-state index in [-0.39, 0.29) is 0 Å². The molecule has 6 nitrogen and oxygen atoms in total. The lowest BCUT2D eigenvalue weighted by molar-refractivity contribution is 0.326. The highest BCUT2D eigenvalue weighted by atomic mass is 16.5. The van der Waals surface area contributed by atoms with Crippen molar-refractivity contribution in [1.82, 2.24) is 19.7 Å². The fourth-order valence-electron chi connectivity index (χ4n) is 1.68. The van der Waals surface area contributed by atoms with E-state index in [0.717, 1.165) is 12.2 Å². The minimum absolute atomic E-state index is 0.564. The molecule has 2 aromatic rings. The summed E-state index contributed by atoms with van der Waals surface area (Å²) in [4.78, 5) is 8.17. The van der Waals surface area contributed by atoms with Gasteiger partial charge < -0.3 is 10.1 Å². The molecule has 0 aromatic carbocycles. The third kappa shape index (κ3) is 3.94. The molecule has 0 saturated carbocycles. The molecule has 2 rings (SSSR count). The number of hydrogen-bond donors (Lipinski definition) is 1. The first-order valence-corrected chi connectivity index (χ1v) is 6.41. The van der Waals surface area contributed by atoms with Gasteiger partial charge in [0.2, 0.25) is 5.88 Å². The summed E-state index contributed by atoms with van der Waals surface area (Å²) in [7, 11) is 0. The molecule has 0 atom stereocenters. The second-order valence-corrected chi connectivity index (χ2v) is 4.64. The maximum atomic E-state index is 5.33. The van der Waals surface area contributed by atoms with Gasteiger partial charge in [0.15, 0.2) is 0 Å².